The Morgan fingerprint density at radius 3 is 1.87 bits per heavy atom. The Bertz CT molecular complexity index is 1430. The van der Waals surface area contributed by atoms with Gasteiger partial charge in [0.2, 0.25) is 0 Å². The number of rotatable bonds is 17. The monoisotopic (exact) mass is 654 g/mol. The van der Waals surface area contributed by atoms with E-state index in [0.717, 1.165) is 12.8 Å². The van der Waals surface area contributed by atoms with E-state index in [9.17, 15) is 19.8 Å². The lowest BCUT2D eigenvalue weighted by molar-refractivity contribution is -0.109. The van der Waals surface area contributed by atoms with Gasteiger partial charge in [0, 0.05) is 47.5 Å². The number of benzene rings is 3. The number of aromatic hydroxyl groups is 2. The highest BCUT2D eigenvalue weighted by Gasteiger charge is 2.53. The lowest BCUT2D eigenvalue weighted by Gasteiger charge is -2.36. The standard InChI is InChI=1S/C21H13NO5S.C12H25NO5/c23-12-2-5-16-18(8-12)26-19-9-13(24)3-6-17(19)21(16)15-4-1-11(22-10-28)7-14(15)20(25)27-21;1-13-3-6-16-8-10-18-12-11-17-9-7-15-5-2-4-14/h1-10,23-24H,(H,22,28);4,13H,2-3,5-12H2,1H3. The second-order valence-corrected chi connectivity index (χ2v) is 10.3. The van der Waals surface area contributed by atoms with Crippen LogP contribution >= 0.6 is 12.2 Å². The highest BCUT2D eigenvalue weighted by atomic mass is 32.1. The van der Waals surface area contributed by atoms with E-state index in [0.29, 0.717) is 98.7 Å². The average Bonchev–Trinajstić information content (AvgIpc) is 3.33. The molecule has 2 aliphatic heterocycles. The Balaban J connectivity index is 0.000000234. The van der Waals surface area contributed by atoms with E-state index in [1.807, 2.05) is 7.05 Å². The number of carbonyl (C=O) groups is 2. The number of esters is 1. The van der Waals surface area contributed by atoms with Gasteiger partial charge in [-0.05, 0) is 43.4 Å². The van der Waals surface area contributed by atoms with Crippen LogP contribution in [0.5, 0.6) is 23.0 Å². The Labute approximate surface area is 272 Å². The Morgan fingerprint density at radius 2 is 1.33 bits per heavy atom. The van der Waals surface area contributed by atoms with Crippen molar-refractivity contribution < 1.29 is 48.2 Å². The molecular formula is C33H38N2O10S. The first-order chi connectivity index (χ1) is 22.4. The molecule has 0 radical (unpaired) electrons. The van der Waals surface area contributed by atoms with Crippen LogP contribution in [0, 0.1) is 0 Å². The molecule has 246 valence electrons. The normalized spacial score (nSPS) is 13.4. The second kappa shape index (κ2) is 17.5. The van der Waals surface area contributed by atoms with Crippen molar-refractivity contribution in [1.29, 1.82) is 0 Å². The van der Waals surface area contributed by atoms with Crippen LogP contribution in [0.25, 0.3) is 0 Å². The van der Waals surface area contributed by atoms with Crippen LogP contribution in [0.4, 0.5) is 5.69 Å². The smallest absolute Gasteiger partial charge is 0.340 e. The number of phenolic OH excluding ortho intramolecular Hbond substituents is 2. The molecule has 12 nitrogen and oxygen atoms in total. The van der Waals surface area contributed by atoms with E-state index in [1.165, 1.54) is 29.8 Å². The SMILES string of the molecule is CNCCOCCOCCOCCOCCC=O.O=C1OC2(c3ccc(O)cc3Oc3cc(O)ccc32)c2ccc(NC=S)cc21. The third-order valence-corrected chi connectivity index (χ3v) is 7.11. The Kier molecular flexibility index (Phi) is 13.3. The minimum Gasteiger partial charge on any atom is -0.508 e. The highest BCUT2D eigenvalue weighted by Crippen LogP contribution is 2.57. The number of phenols is 2. The zero-order chi connectivity index (χ0) is 32.8. The van der Waals surface area contributed by atoms with Gasteiger partial charge in [0.25, 0.3) is 0 Å². The summed E-state index contributed by atoms with van der Waals surface area (Å²) >= 11 is 4.82. The van der Waals surface area contributed by atoms with Crippen molar-refractivity contribution in [3.63, 3.8) is 0 Å². The molecule has 3 aromatic rings. The first kappa shape index (κ1) is 34.8. The first-order valence-electron chi connectivity index (χ1n) is 14.8. The molecular weight excluding hydrogens is 616 g/mol. The predicted molar refractivity (Wildman–Crippen MR) is 173 cm³/mol. The maximum Gasteiger partial charge on any atom is 0.340 e. The summed E-state index contributed by atoms with van der Waals surface area (Å²) in [6.07, 6.45) is 1.28. The molecule has 0 fully saturated rings. The van der Waals surface area contributed by atoms with Crippen molar-refractivity contribution in [3.05, 3.63) is 76.9 Å². The van der Waals surface area contributed by atoms with Gasteiger partial charge in [-0.2, -0.15) is 0 Å². The van der Waals surface area contributed by atoms with Crippen LogP contribution in [0.2, 0.25) is 0 Å². The fourth-order valence-electron chi connectivity index (χ4n) is 4.93. The number of hydrogen-bond donors (Lipinski definition) is 4. The molecule has 0 atom stereocenters. The molecule has 0 amide bonds. The molecule has 0 bridgehead atoms. The topological polar surface area (TPSA) is 154 Å². The number of likely N-dealkylation sites (N-methyl/N-ethyl adjacent to an activating group) is 1. The molecule has 3 aromatic carbocycles. The fraction of sp³-hybridized carbons (Fsp3) is 0.364. The molecule has 0 saturated carbocycles. The zero-order valence-corrected chi connectivity index (χ0v) is 26.3. The Morgan fingerprint density at radius 1 is 0.783 bits per heavy atom. The van der Waals surface area contributed by atoms with Gasteiger partial charge >= 0.3 is 5.97 Å². The minimum atomic E-state index is -1.24. The number of ether oxygens (including phenoxy) is 6. The van der Waals surface area contributed by atoms with Crippen molar-refractivity contribution in [2.75, 3.05) is 71.8 Å². The predicted octanol–water partition coefficient (Wildman–Crippen LogP) is 3.90. The van der Waals surface area contributed by atoms with E-state index >= 15 is 0 Å². The van der Waals surface area contributed by atoms with Gasteiger partial charge in [-0.15, -0.1) is 0 Å². The molecule has 13 heteroatoms. The van der Waals surface area contributed by atoms with Crippen molar-refractivity contribution in [2.24, 2.45) is 0 Å². The summed E-state index contributed by atoms with van der Waals surface area (Å²) in [5, 5.41) is 25.7. The van der Waals surface area contributed by atoms with E-state index in [-0.39, 0.29) is 11.5 Å². The average molecular weight is 655 g/mol. The lowest BCUT2D eigenvalue weighted by Crippen LogP contribution is -2.32. The van der Waals surface area contributed by atoms with Gasteiger partial charge < -0.3 is 54.1 Å². The number of hydrogen-bond acceptors (Lipinski definition) is 12. The summed E-state index contributed by atoms with van der Waals surface area (Å²) in [5.74, 6) is 0.243. The summed E-state index contributed by atoms with van der Waals surface area (Å²) < 4.78 is 32.9. The third-order valence-electron chi connectivity index (χ3n) is 6.99. The molecule has 46 heavy (non-hydrogen) atoms. The third kappa shape index (κ3) is 8.57. The van der Waals surface area contributed by atoms with Gasteiger partial charge in [0.15, 0.2) is 5.60 Å². The summed E-state index contributed by atoms with van der Waals surface area (Å²) in [5.41, 5.74) is 3.02. The summed E-state index contributed by atoms with van der Waals surface area (Å²) in [6.45, 7) is 5.37. The summed E-state index contributed by atoms with van der Waals surface area (Å²) in [4.78, 5) is 22.8. The molecule has 0 aliphatic carbocycles. The largest absolute Gasteiger partial charge is 0.508 e. The van der Waals surface area contributed by atoms with Gasteiger partial charge in [0.05, 0.1) is 63.9 Å². The lowest BCUT2D eigenvalue weighted by atomic mass is 9.77. The molecule has 0 aromatic heterocycles. The van der Waals surface area contributed by atoms with Crippen LogP contribution in [-0.2, 0) is 34.1 Å². The number of anilines is 1. The van der Waals surface area contributed by atoms with Gasteiger partial charge in [-0.25, -0.2) is 4.79 Å². The second-order valence-electron chi connectivity index (χ2n) is 10.1. The molecule has 0 saturated heterocycles. The highest BCUT2D eigenvalue weighted by molar-refractivity contribution is 7.79. The quantitative estimate of drug-likeness (QED) is 0.0721. The number of thiocarbonyl (C=S) groups is 1. The molecule has 2 heterocycles. The van der Waals surface area contributed by atoms with Crippen molar-refractivity contribution in [1.82, 2.24) is 5.32 Å². The van der Waals surface area contributed by atoms with E-state index in [4.69, 9.17) is 40.6 Å². The van der Waals surface area contributed by atoms with E-state index in [1.54, 1.807) is 30.3 Å². The van der Waals surface area contributed by atoms with E-state index < -0.39 is 11.6 Å². The maximum absolute atomic E-state index is 12.8. The summed E-state index contributed by atoms with van der Waals surface area (Å²) in [6, 6.07) is 14.6. The minimum absolute atomic E-state index is 0.0163. The van der Waals surface area contributed by atoms with E-state index in [2.05, 4.69) is 10.6 Å². The zero-order valence-electron chi connectivity index (χ0n) is 25.5. The fourth-order valence-corrected chi connectivity index (χ4v) is 5.07. The molecule has 5 rings (SSSR count). The number of aldehydes is 1. The van der Waals surface area contributed by atoms with Crippen molar-refractivity contribution in [2.45, 2.75) is 12.0 Å². The van der Waals surface area contributed by atoms with Crippen LogP contribution < -0.4 is 15.4 Å². The number of carbonyl (C=O) groups excluding carboxylic acids is 2. The van der Waals surface area contributed by atoms with Crippen LogP contribution in [0.15, 0.2) is 54.6 Å². The van der Waals surface area contributed by atoms with Gasteiger partial charge in [-0.3, -0.25) is 0 Å². The first-order valence-corrected chi connectivity index (χ1v) is 15.2. The van der Waals surface area contributed by atoms with Gasteiger partial charge in [0.1, 0.15) is 29.3 Å². The van der Waals surface area contributed by atoms with Crippen LogP contribution in [-0.4, -0.2) is 94.4 Å². The maximum atomic E-state index is 12.8. The summed E-state index contributed by atoms with van der Waals surface area (Å²) in [7, 11) is 1.89. The molecule has 1 spiro atoms. The number of nitrogens with one attached hydrogen (secondary N) is 2. The molecule has 0 unspecified atom stereocenters. The van der Waals surface area contributed by atoms with Crippen molar-refractivity contribution >= 4 is 35.7 Å². The van der Waals surface area contributed by atoms with Gasteiger partial charge in [-0.1, -0.05) is 18.3 Å². The van der Waals surface area contributed by atoms with Crippen molar-refractivity contribution in [3.8, 4) is 23.0 Å². The molecule has 4 N–H and O–H groups in total. The number of fused-ring (bicyclic) bond motifs is 6. The Hall–Kier alpha value is -4.11. The molecule has 2 aliphatic rings. The van der Waals surface area contributed by atoms with Crippen LogP contribution in [0.1, 0.15) is 33.5 Å². The van der Waals surface area contributed by atoms with Crippen LogP contribution in [0.3, 0.4) is 0 Å².